The summed E-state index contributed by atoms with van der Waals surface area (Å²) in [6.45, 7) is 0. The number of rotatable bonds is 3. The molecule has 1 fully saturated rings. The highest BCUT2D eigenvalue weighted by Crippen LogP contribution is 2.23. The first-order valence-corrected chi connectivity index (χ1v) is 5.99. The van der Waals surface area contributed by atoms with Crippen LogP contribution in [0.1, 0.15) is 31.4 Å². The molecule has 0 radical (unpaired) electrons. The van der Waals surface area contributed by atoms with Crippen molar-refractivity contribution in [1.82, 2.24) is 4.98 Å². The highest BCUT2D eigenvalue weighted by atomic mass is 16.5. The topological polar surface area (TPSA) is 57.9 Å². The lowest BCUT2D eigenvalue weighted by atomic mass is 9.92. The summed E-state index contributed by atoms with van der Waals surface area (Å²) in [7, 11) is 1.77. The van der Waals surface area contributed by atoms with Crippen molar-refractivity contribution in [2.45, 2.75) is 37.8 Å². The Balaban J connectivity index is 2.01. The SMILES string of the molecule is CO[C@@H]1CCCC[C@H]1Nc1ccc(C#N)nc1. The summed E-state index contributed by atoms with van der Waals surface area (Å²) >= 11 is 0. The molecule has 4 nitrogen and oxygen atoms in total. The predicted molar refractivity (Wildman–Crippen MR) is 65.6 cm³/mol. The van der Waals surface area contributed by atoms with Gasteiger partial charge in [-0.05, 0) is 25.0 Å². The quantitative estimate of drug-likeness (QED) is 0.867. The average Bonchev–Trinajstić information content (AvgIpc) is 2.40. The van der Waals surface area contributed by atoms with E-state index < -0.39 is 0 Å². The summed E-state index contributed by atoms with van der Waals surface area (Å²) in [4.78, 5) is 4.05. The first-order chi connectivity index (χ1) is 8.33. The number of anilines is 1. The van der Waals surface area contributed by atoms with E-state index in [9.17, 15) is 0 Å². The summed E-state index contributed by atoms with van der Waals surface area (Å²) in [6, 6.07) is 5.99. The Labute approximate surface area is 102 Å². The summed E-state index contributed by atoms with van der Waals surface area (Å²) in [5.74, 6) is 0. The zero-order valence-electron chi connectivity index (χ0n) is 10.0. The van der Waals surface area contributed by atoms with E-state index in [1.165, 1.54) is 12.8 Å². The molecule has 0 aliphatic heterocycles. The standard InChI is InChI=1S/C13H17N3O/c1-17-13-5-3-2-4-12(13)16-11-7-6-10(8-14)15-9-11/h6-7,9,12-13,16H,2-5H2,1H3/t12-,13-/m1/s1. The molecule has 90 valence electrons. The van der Waals surface area contributed by atoms with Gasteiger partial charge in [0.15, 0.2) is 0 Å². The maximum Gasteiger partial charge on any atom is 0.140 e. The molecule has 0 spiro atoms. The fourth-order valence-electron chi connectivity index (χ4n) is 2.30. The minimum absolute atomic E-state index is 0.277. The van der Waals surface area contributed by atoms with Crippen molar-refractivity contribution >= 4 is 5.69 Å². The van der Waals surface area contributed by atoms with Gasteiger partial charge in [-0.1, -0.05) is 12.8 Å². The van der Waals surface area contributed by atoms with Crippen LogP contribution in [0.2, 0.25) is 0 Å². The largest absolute Gasteiger partial charge is 0.379 e. The first-order valence-electron chi connectivity index (χ1n) is 5.99. The first kappa shape index (κ1) is 11.9. The number of nitriles is 1. The predicted octanol–water partition coefficient (Wildman–Crippen LogP) is 2.32. The number of ether oxygens (including phenoxy) is 1. The van der Waals surface area contributed by atoms with Gasteiger partial charge in [0.1, 0.15) is 11.8 Å². The van der Waals surface area contributed by atoms with Crippen molar-refractivity contribution in [2.24, 2.45) is 0 Å². The van der Waals surface area contributed by atoms with Gasteiger partial charge in [0.05, 0.1) is 24.0 Å². The molecule has 0 unspecified atom stereocenters. The van der Waals surface area contributed by atoms with Crippen LogP contribution in [0.4, 0.5) is 5.69 Å². The Morgan fingerprint density at radius 1 is 1.41 bits per heavy atom. The Kier molecular flexibility index (Phi) is 3.94. The molecule has 0 bridgehead atoms. The number of nitrogens with one attached hydrogen (secondary N) is 1. The van der Waals surface area contributed by atoms with E-state index in [1.807, 2.05) is 12.1 Å². The molecule has 2 atom stereocenters. The smallest absolute Gasteiger partial charge is 0.140 e. The molecule has 17 heavy (non-hydrogen) atoms. The van der Waals surface area contributed by atoms with E-state index in [1.54, 1.807) is 19.4 Å². The minimum Gasteiger partial charge on any atom is -0.379 e. The van der Waals surface area contributed by atoms with Crippen LogP contribution in [0.3, 0.4) is 0 Å². The molecule has 1 aliphatic carbocycles. The van der Waals surface area contributed by atoms with E-state index in [4.69, 9.17) is 10.00 Å². The molecular weight excluding hydrogens is 214 g/mol. The molecular formula is C13H17N3O. The van der Waals surface area contributed by atoms with Gasteiger partial charge in [0.2, 0.25) is 0 Å². The van der Waals surface area contributed by atoms with Crippen LogP contribution in [0.5, 0.6) is 0 Å². The molecule has 0 amide bonds. The summed E-state index contributed by atoms with van der Waals surface area (Å²) < 4.78 is 5.49. The van der Waals surface area contributed by atoms with Crippen LogP contribution in [0, 0.1) is 11.3 Å². The zero-order valence-corrected chi connectivity index (χ0v) is 10.0. The van der Waals surface area contributed by atoms with Crippen molar-refractivity contribution in [3.05, 3.63) is 24.0 Å². The second-order valence-corrected chi connectivity index (χ2v) is 4.35. The van der Waals surface area contributed by atoms with Gasteiger partial charge in [-0.2, -0.15) is 5.26 Å². The summed E-state index contributed by atoms with van der Waals surface area (Å²) in [5, 5.41) is 12.1. The molecule has 2 rings (SSSR count). The van der Waals surface area contributed by atoms with Gasteiger partial charge in [-0.15, -0.1) is 0 Å². The molecule has 1 aliphatic rings. The van der Waals surface area contributed by atoms with Crippen molar-refractivity contribution in [2.75, 3.05) is 12.4 Å². The molecule has 1 aromatic heterocycles. The van der Waals surface area contributed by atoms with Crippen molar-refractivity contribution < 1.29 is 4.74 Å². The van der Waals surface area contributed by atoms with Crippen LogP contribution in [0.25, 0.3) is 0 Å². The van der Waals surface area contributed by atoms with Crippen LogP contribution < -0.4 is 5.32 Å². The molecule has 1 saturated carbocycles. The van der Waals surface area contributed by atoms with Crippen molar-refractivity contribution in [3.8, 4) is 6.07 Å². The number of aromatic nitrogens is 1. The highest BCUT2D eigenvalue weighted by Gasteiger charge is 2.24. The normalized spacial score (nSPS) is 24.0. The average molecular weight is 231 g/mol. The maximum absolute atomic E-state index is 8.68. The third-order valence-corrected chi connectivity index (χ3v) is 3.24. The van der Waals surface area contributed by atoms with Gasteiger partial charge in [-0.25, -0.2) is 4.98 Å². The van der Waals surface area contributed by atoms with Crippen LogP contribution in [0.15, 0.2) is 18.3 Å². The third kappa shape index (κ3) is 2.95. The molecule has 4 heteroatoms. The number of pyridine rings is 1. The number of nitrogens with zero attached hydrogens (tertiary/aromatic N) is 2. The van der Waals surface area contributed by atoms with Crippen LogP contribution >= 0.6 is 0 Å². The second kappa shape index (κ2) is 5.65. The Morgan fingerprint density at radius 2 is 2.24 bits per heavy atom. The molecule has 0 saturated heterocycles. The van der Waals surface area contributed by atoms with Crippen molar-refractivity contribution in [1.29, 1.82) is 5.26 Å². The lowest BCUT2D eigenvalue weighted by molar-refractivity contribution is 0.0606. The van der Waals surface area contributed by atoms with E-state index in [0.29, 0.717) is 11.7 Å². The van der Waals surface area contributed by atoms with E-state index in [-0.39, 0.29) is 6.10 Å². The molecule has 1 heterocycles. The Morgan fingerprint density at radius 3 is 2.88 bits per heavy atom. The Hall–Kier alpha value is -1.60. The lowest BCUT2D eigenvalue weighted by Crippen LogP contribution is -2.37. The van der Waals surface area contributed by atoms with E-state index >= 15 is 0 Å². The van der Waals surface area contributed by atoms with Gasteiger partial charge >= 0.3 is 0 Å². The summed E-state index contributed by atoms with van der Waals surface area (Å²) in [6.07, 6.45) is 6.69. The van der Waals surface area contributed by atoms with E-state index in [0.717, 1.165) is 18.5 Å². The monoisotopic (exact) mass is 231 g/mol. The van der Waals surface area contributed by atoms with Crippen LogP contribution in [-0.2, 0) is 4.74 Å². The summed E-state index contributed by atoms with van der Waals surface area (Å²) in [5.41, 5.74) is 1.40. The lowest BCUT2D eigenvalue weighted by Gasteiger charge is -2.31. The minimum atomic E-state index is 0.277. The zero-order chi connectivity index (χ0) is 12.1. The van der Waals surface area contributed by atoms with Crippen molar-refractivity contribution in [3.63, 3.8) is 0 Å². The van der Waals surface area contributed by atoms with Gasteiger partial charge in [0.25, 0.3) is 0 Å². The fraction of sp³-hybridized carbons (Fsp3) is 0.538. The van der Waals surface area contributed by atoms with Gasteiger partial charge in [-0.3, -0.25) is 0 Å². The Bertz CT molecular complexity index is 396. The number of hydrogen-bond acceptors (Lipinski definition) is 4. The van der Waals surface area contributed by atoms with Gasteiger partial charge < -0.3 is 10.1 Å². The maximum atomic E-state index is 8.68. The van der Waals surface area contributed by atoms with Crippen LogP contribution in [-0.4, -0.2) is 24.2 Å². The molecule has 1 aromatic rings. The van der Waals surface area contributed by atoms with E-state index in [2.05, 4.69) is 10.3 Å². The molecule has 1 N–H and O–H groups in total. The number of methoxy groups -OCH3 is 1. The third-order valence-electron chi connectivity index (χ3n) is 3.24. The second-order valence-electron chi connectivity index (χ2n) is 4.35. The molecule has 0 aromatic carbocycles. The highest BCUT2D eigenvalue weighted by molar-refractivity contribution is 5.43. The fourth-order valence-corrected chi connectivity index (χ4v) is 2.30. The number of hydrogen-bond donors (Lipinski definition) is 1. The van der Waals surface area contributed by atoms with Gasteiger partial charge in [0, 0.05) is 7.11 Å².